The Balaban J connectivity index is 2.34. The summed E-state index contributed by atoms with van der Waals surface area (Å²) < 4.78 is 5.43. The summed E-state index contributed by atoms with van der Waals surface area (Å²) in [4.78, 5) is 2.42. The normalized spacial score (nSPS) is 12.2. The van der Waals surface area contributed by atoms with Crippen molar-refractivity contribution in [1.82, 2.24) is 5.32 Å². The fourth-order valence-corrected chi connectivity index (χ4v) is 3.37. The monoisotopic (exact) mass is 287 g/mol. The third-order valence-electron chi connectivity index (χ3n) is 3.34. The fraction of sp³-hybridized carbons (Fsp3) is 0.294. The van der Waals surface area contributed by atoms with E-state index in [2.05, 4.69) is 42.6 Å². The van der Waals surface area contributed by atoms with E-state index < -0.39 is 0 Å². The number of rotatable bonds is 6. The van der Waals surface area contributed by atoms with Crippen LogP contribution in [0.3, 0.4) is 0 Å². The van der Waals surface area contributed by atoms with Crippen molar-refractivity contribution in [2.45, 2.75) is 29.2 Å². The van der Waals surface area contributed by atoms with Crippen molar-refractivity contribution >= 4 is 11.8 Å². The molecule has 2 aromatic rings. The van der Waals surface area contributed by atoms with Gasteiger partial charge in [0.1, 0.15) is 5.75 Å². The van der Waals surface area contributed by atoms with Gasteiger partial charge in [0.25, 0.3) is 0 Å². The molecule has 0 aliphatic rings. The van der Waals surface area contributed by atoms with Crippen molar-refractivity contribution in [2.75, 3.05) is 14.2 Å². The highest BCUT2D eigenvalue weighted by atomic mass is 32.2. The van der Waals surface area contributed by atoms with Gasteiger partial charge in [0.2, 0.25) is 0 Å². The highest BCUT2D eigenvalue weighted by Gasteiger charge is 2.13. The first-order chi connectivity index (χ1) is 9.80. The molecule has 0 bridgehead atoms. The molecule has 1 N–H and O–H groups in total. The van der Waals surface area contributed by atoms with Crippen molar-refractivity contribution in [3.8, 4) is 5.75 Å². The van der Waals surface area contributed by atoms with E-state index in [9.17, 15) is 0 Å². The quantitative estimate of drug-likeness (QED) is 0.844. The predicted octanol–water partition coefficient (Wildman–Crippen LogP) is 4.52. The maximum Gasteiger partial charge on any atom is 0.132 e. The molecule has 0 aromatic heterocycles. The Kier molecular flexibility index (Phi) is 5.50. The van der Waals surface area contributed by atoms with Gasteiger partial charge in [-0.2, -0.15) is 0 Å². The fourth-order valence-electron chi connectivity index (χ4n) is 2.26. The van der Waals surface area contributed by atoms with Crippen LogP contribution in [0.5, 0.6) is 5.75 Å². The molecule has 3 heteroatoms. The van der Waals surface area contributed by atoms with Crippen molar-refractivity contribution < 1.29 is 4.74 Å². The van der Waals surface area contributed by atoms with Crippen LogP contribution >= 0.6 is 11.8 Å². The summed E-state index contributed by atoms with van der Waals surface area (Å²) in [5.74, 6) is 0.921. The molecular weight excluding hydrogens is 266 g/mol. The Hall–Kier alpha value is -1.45. The second-order valence-corrected chi connectivity index (χ2v) is 5.62. The molecule has 0 saturated carbocycles. The zero-order valence-corrected chi connectivity index (χ0v) is 13.0. The molecule has 106 valence electrons. The van der Waals surface area contributed by atoms with E-state index in [4.69, 9.17) is 4.74 Å². The molecule has 0 aliphatic carbocycles. The molecule has 0 heterocycles. The molecule has 0 aliphatic heterocycles. The summed E-state index contributed by atoms with van der Waals surface area (Å²) in [5.41, 5.74) is 1.34. The zero-order chi connectivity index (χ0) is 14.4. The molecule has 0 saturated heterocycles. The van der Waals surface area contributed by atoms with Gasteiger partial charge in [0.05, 0.1) is 12.0 Å². The molecule has 2 nitrogen and oxygen atoms in total. The van der Waals surface area contributed by atoms with Crippen LogP contribution in [0.25, 0.3) is 0 Å². The van der Waals surface area contributed by atoms with Gasteiger partial charge in [-0.25, -0.2) is 0 Å². The van der Waals surface area contributed by atoms with E-state index in [1.807, 2.05) is 25.2 Å². The summed E-state index contributed by atoms with van der Waals surface area (Å²) in [6.45, 7) is 2.20. The van der Waals surface area contributed by atoms with Gasteiger partial charge >= 0.3 is 0 Å². The minimum Gasteiger partial charge on any atom is -0.496 e. The van der Waals surface area contributed by atoms with Crippen molar-refractivity contribution in [2.24, 2.45) is 0 Å². The van der Waals surface area contributed by atoms with Gasteiger partial charge in [-0.15, -0.1) is 0 Å². The van der Waals surface area contributed by atoms with Crippen molar-refractivity contribution in [3.05, 3.63) is 54.1 Å². The van der Waals surface area contributed by atoms with E-state index in [1.165, 1.54) is 10.5 Å². The molecule has 0 radical (unpaired) electrons. The van der Waals surface area contributed by atoms with Gasteiger partial charge in [-0.05, 0) is 37.2 Å². The van der Waals surface area contributed by atoms with Gasteiger partial charge < -0.3 is 10.1 Å². The van der Waals surface area contributed by atoms with Crippen LogP contribution in [0.2, 0.25) is 0 Å². The largest absolute Gasteiger partial charge is 0.496 e. The maximum atomic E-state index is 5.43. The van der Waals surface area contributed by atoms with Gasteiger partial charge in [-0.1, -0.05) is 49.0 Å². The first kappa shape index (κ1) is 14.9. The van der Waals surface area contributed by atoms with Gasteiger partial charge in [0.15, 0.2) is 0 Å². The van der Waals surface area contributed by atoms with E-state index in [0.29, 0.717) is 6.04 Å². The van der Waals surface area contributed by atoms with Crippen LogP contribution in [-0.2, 0) is 0 Å². The lowest BCUT2D eigenvalue weighted by Crippen LogP contribution is -2.15. The van der Waals surface area contributed by atoms with Crippen LogP contribution in [0.4, 0.5) is 0 Å². The second-order valence-electron chi connectivity index (χ2n) is 4.54. The molecule has 1 atom stereocenters. The van der Waals surface area contributed by atoms with Gasteiger partial charge in [-0.3, -0.25) is 0 Å². The highest BCUT2D eigenvalue weighted by Crippen LogP contribution is 2.38. The van der Waals surface area contributed by atoms with Crippen LogP contribution in [0, 0.1) is 0 Å². The number of ether oxygens (including phenoxy) is 1. The number of hydrogen-bond donors (Lipinski definition) is 1. The smallest absolute Gasteiger partial charge is 0.132 e. The number of benzene rings is 2. The molecule has 0 fully saturated rings. The Morgan fingerprint density at radius 3 is 2.35 bits per heavy atom. The SMILES string of the molecule is CCC(NC)c1ccccc1Sc1ccccc1OC. The predicted molar refractivity (Wildman–Crippen MR) is 85.7 cm³/mol. The first-order valence-corrected chi connectivity index (χ1v) is 7.68. The van der Waals surface area contributed by atoms with Crippen LogP contribution in [0.1, 0.15) is 24.9 Å². The van der Waals surface area contributed by atoms with E-state index in [-0.39, 0.29) is 0 Å². The number of hydrogen-bond acceptors (Lipinski definition) is 3. The topological polar surface area (TPSA) is 21.3 Å². The first-order valence-electron chi connectivity index (χ1n) is 6.87. The molecular formula is C17H21NOS. The highest BCUT2D eigenvalue weighted by molar-refractivity contribution is 7.99. The lowest BCUT2D eigenvalue weighted by atomic mass is 10.1. The average Bonchev–Trinajstić information content (AvgIpc) is 2.50. The third kappa shape index (κ3) is 3.35. The zero-order valence-electron chi connectivity index (χ0n) is 12.2. The molecule has 0 amide bonds. The van der Waals surface area contributed by atoms with Crippen LogP contribution in [0.15, 0.2) is 58.3 Å². The second kappa shape index (κ2) is 7.36. The Bertz CT molecular complexity index is 552. The summed E-state index contributed by atoms with van der Waals surface area (Å²) in [6.07, 6.45) is 1.07. The Labute approximate surface area is 125 Å². The summed E-state index contributed by atoms with van der Waals surface area (Å²) >= 11 is 1.76. The summed E-state index contributed by atoms with van der Waals surface area (Å²) in [6, 6.07) is 17.1. The Morgan fingerprint density at radius 2 is 1.70 bits per heavy atom. The number of methoxy groups -OCH3 is 1. The average molecular weight is 287 g/mol. The third-order valence-corrected chi connectivity index (χ3v) is 4.49. The summed E-state index contributed by atoms with van der Waals surface area (Å²) in [5, 5.41) is 3.38. The van der Waals surface area contributed by atoms with E-state index >= 15 is 0 Å². The number of para-hydroxylation sites is 1. The van der Waals surface area contributed by atoms with Crippen LogP contribution < -0.4 is 10.1 Å². The molecule has 0 spiro atoms. The van der Waals surface area contributed by atoms with Gasteiger partial charge in [0, 0.05) is 10.9 Å². The standard InChI is InChI=1S/C17H21NOS/c1-4-14(18-2)13-9-5-7-11-16(13)20-17-12-8-6-10-15(17)19-3/h5-12,14,18H,4H2,1-3H3. The Morgan fingerprint density at radius 1 is 1.05 bits per heavy atom. The van der Waals surface area contributed by atoms with Crippen LogP contribution in [-0.4, -0.2) is 14.2 Å². The molecule has 20 heavy (non-hydrogen) atoms. The maximum absolute atomic E-state index is 5.43. The van der Waals surface area contributed by atoms with E-state index in [1.54, 1.807) is 18.9 Å². The lowest BCUT2D eigenvalue weighted by molar-refractivity contribution is 0.405. The van der Waals surface area contributed by atoms with E-state index in [0.717, 1.165) is 17.1 Å². The summed E-state index contributed by atoms with van der Waals surface area (Å²) in [7, 11) is 3.73. The van der Waals surface area contributed by atoms with Crippen molar-refractivity contribution in [3.63, 3.8) is 0 Å². The number of nitrogens with one attached hydrogen (secondary N) is 1. The molecule has 1 unspecified atom stereocenters. The molecule has 2 aromatic carbocycles. The van der Waals surface area contributed by atoms with Crippen molar-refractivity contribution in [1.29, 1.82) is 0 Å². The molecule has 2 rings (SSSR count). The lowest BCUT2D eigenvalue weighted by Gasteiger charge is -2.18. The minimum absolute atomic E-state index is 0.383. The minimum atomic E-state index is 0.383.